The van der Waals surface area contributed by atoms with Gasteiger partial charge in [-0.2, -0.15) is 0 Å². The van der Waals surface area contributed by atoms with Crippen LogP contribution in [0.2, 0.25) is 0 Å². The average molecular weight is 168 g/mol. The number of ketones is 1. The number of aliphatic hydroxyl groups excluding tert-OH is 4. The molecule has 0 heterocycles. The highest BCUT2D eigenvalue weighted by atomic mass is 16.4. The van der Waals surface area contributed by atoms with Crippen molar-refractivity contribution >= 4 is 5.78 Å². The second-order valence-corrected chi connectivity index (χ2v) is 1.82. The van der Waals surface area contributed by atoms with Gasteiger partial charge in [0.15, 0.2) is 5.78 Å². The lowest BCUT2D eigenvalue weighted by Crippen LogP contribution is -2.37. The fourth-order valence-corrected chi connectivity index (χ4v) is 0.408. The van der Waals surface area contributed by atoms with Gasteiger partial charge in [0.05, 0.1) is 6.61 Å². The maximum absolute atomic E-state index is 10.3. The van der Waals surface area contributed by atoms with E-state index in [1.54, 1.807) is 0 Å². The molecule has 0 rings (SSSR count). The Morgan fingerprint density at radius 1 is 1.27 bits per heavy atom. The number of carbonyl (C=O) groups is 1. The highest BCUT2D eigenvalue weighted by Gasteiger charge is 2.21. The molecule has 0 unspecified atom stereocenters. The van der Waals surface area contributed by atoms with Crippen LogP contribution in [0, 0.1) is 0 Å². The van der Waals surface area contributed by atoms with E-state index in [2.05, 4.69) is 0 Å². The molecule has 0 spiro atoms. The fraction of sp³-hybridized carbons (Fsp3) is 0.800. The lowest BCUT2D eigenvalue weighted by atomic mass is 10.1. The van der Waals surface area contributed by atoms with Crippen molar-refractivity contribution in [2.75, 3.05) is 13.2 Å². The van der Waals surface area contributed by atoms with Gasteiger partial charge in [0.1, 0.15) is 18.8 Å². The molecule has 0 bridgehead atoms. The van der Waals surface area contributed by atoms with Gasteiger partial charge in [-0.1, -0.05) is 0 Å². The molecule has 68 valence electrons. The fourth-order valence-electron chi connectivity index (χ4n) is 0.408. The molecule has 0 saturated heterocycles. The molecular weight excluding hydrogens is 156 g/mol. The summed E-state index contributed by atoms with van der Waals surface area (Å²) in [6, 6.07) is 0. The molecular formula is C5H12O6. The Morgan fingerprint density at radius 3 is 2.00 bits per heavy atom. The minimum atomic E-state index is -1.69. The van der Waals surface area contributed by atoms with Crippen LogP contribution in [0.4, 0.5) is 0 Å². The van der Waals surface area contributed by atoms with Crippen molar-refractivity contribution in [3.8, 4) is 0 Å². The molecule has 0 aromatic carbocycles. The van der Waals surface area contributed by atoms with Crippen molar-refractivity contribution in [3.63, 3.8) is 0 Å². The van der Waals surface area contributed by atoms with Gasteiger partial charge in [-0.15, -0.1) is 0 Å². The van der Waals surface area contributed by atoms with Crippen molar-refractivity contribution in [3.05, 3.63) is 0 Å². The monoisotopic (exact) mass is 168 g/mol. The van der Waals surface area contributed by atoms with Gasteiger partial charge in [0.2, 0.25) is 0 Å². The Labute approximate surface area is 63.0 Å². The van der Waals surface area contributed by atoms with Crippen molar-refractivity contribution in [1.29, 1.82) is 0 Å². The van der Waals surface area contributed by atoms with E-state index in [-0.39, 0.29) is 5.48 Å². The van der Waals surface area contributed by atoms with E-state index >= 15 is 0 Å². The molecule has 0 aliphatic heterocycles. The number of hydrogen-bond donors (Lipinski definition) is 4. The first kappa shape index (κ1) is 13.1. The molecule has 6 N–H and O–H groups in total. The van der Waals surface area contributed by atoms with Gasteiger partial charge < -0.3 is 25.9 Å². The largest absolute Gasteiger partial charge is 0.412 e. The van der Waals surface area contributed by atoms with Crippen molar-refractivity contribution in [2.24, 2.45) is 0 Å². The molecule has 0 aliphatic carbocycles. The zero-order valence-corrected chi connectivity index (χ0v) is 5.77. The minimum absolute atomic E-state index is 0. The first-order valence-corrected chi connectivity index (χ1v) is 2.74. The van der Waals surface area contributed by atoms with E-state index < -0.39 is 31.2 Å². The molecule has 0 amide bonds. The molecule has 0 aliphatic rings. The van der Waals surface area contributed by atoms with Crippen molar-refractivity contribution in [2.45, 2.75) is 12.2 Å². The summed E-state index contributed by atoms with van der Waals surface area (Å²) >= 11 is 0. The second-order valence-electron chi connectivity index (χ2n) is 1.82. The normalized spacial score (nSPS) is 14.9. The van der Waals surface area contributed by atoms with Crippen LogP contribution in [0.5, 0.6) is 0 Å². The zero-order valence-electron chi connectivity index (χ0n) is 5.77. The van der Waals surface area contributed by atoms with Crippen LogP contribution in [0.3, 0.4) is 0 Å². The maximum atomic E-state index is 10.3. The van der Waals surface area contributed by atoms with Gasteiger partial charge >= 0.3 is 0 Å². The van der Waals surface area contributed by atoms with Crippen LogP contribution < -0.4 is 0 Å². The van der Waals surface area contributed by atoms with Crippen LogP contribution in [-0.4, -0.2) is 57.1 Å². The predicted molar refractivity (Wildman–Crippen MR) is 34.8 cm³/mol. The molecule has 0 radical (unpaired) electrons. The lowest BCUT2D eigenvalue weighted by Gasteiger charge is -2.11. The minimum Gasteiger partial charge on any atom is -0.412 e. The maximum Gasteiger partial charge on any atom is 0.189 e. The Hall–Kier alpha value is -0.530. The topological polar surface area (TPSA) is 129 Å². The summed E-state index contributed by atoms with van der Waals surface area (Å²) in [5.41, 5.74) is 0. The average Bonchev–Trinajstić information content (AvgIpc) is 2.00. The smallest absolute Gasteiger partial charge is 0.189 e. The molecule has 2 atom stereocenters. The highest BCUT2D eigenvalue weighted by molar-refractivity contribution is 5.84. The standard InChI is InChI=1S/C5H10O5.H2O/c6-1-3(8)5(10)4(9)2-7;/h3,5-8,10H,1-2H2;1H2/t3-,5-;/m0./s1. The SMILES string of the molecule is O.O=C(CO)[C@@H](O)[C@@H](O)CO. The highest BCUT2D eigenvalue weighted by Crippen LogP contribution is 1.92. The summed E-state index contributed by atoms with van der Waals surface area (Å²) in [5.74, 6) is -0.901. The van der Waals surface area contributed by atoms with Crippen LogP contribution in [-0.2, 0) is 4.79 Å². The van der Waals surface area contributed by atoms with Crippen LogP contribution in [0.25, 0.3) is 0 Å². The number of carbonyl (C=O) groups excluding carboxylic acids is 1. The van der Waals surface area contributed by atoms with Gasteiger partial charge in [-0.3, -0.25) is 4.79 Å². The Kier molecular flexibility index (Phi) is 7.37. The van der Waals surface area contributed by atoms with Crippen molar-refractivity contribution in [1.82, 2.24) is 0 Å². The van der Waals surface area contributed by atoms with Crippen LogP contribution >= 0.6 is 0 Å². The van der Waals surface area contributed by atoms with E-state index in [4.69, 9.17) is 20.4 Å². The van der Waals surface area contributed by atoms with Gasteiger partial charge in [0.25, 0.3) is 0 Å². The third kappa shape index (κ3) is 4.02. The summed E-state index contributed by atoms with van der Waals surface area (Å²) in [4.78, 5) is 10.3. The Bertz CT molecular complexity index is 114. The molecule has 0 aromatic rings. The summed E-state index contributed by atoms with van der Waals surface area (Å²) < 4.78 is 0. The quantitative estimate of drug-likeness (QED) is 0.345. The summed E-state index contributed by atoms with van der Waals surface area (Å²) in [6.45, 7) is -1.54. The van der Waals surface area contributed by atoms with E-state index in [9.17, 15) is 4.79 Å². The Morgan fingerprint density at radius 2 is 1.73 bits per heavy atom. The predicted octanol–water partition coefficient (Wildman–Crippen LogP) is -3.56. The molecule has 0 fully saturated rings. The molecule has 0 saturated carbocycles. The van der Waals surface area contributed by atoms with E-state index in [1.165, 1.54) is 0 Å². The number of hydrogen-bond acceptors (Lipinski definition) is 5. The van der Waals surface area contributed by atoms with Crippen LogP contribution in [0.15, 0.2) is 0 Å². The van der Waals surface area contributed by atoms with E-state index in [0.717, 1.165) is 0 Å². The first-order chi connectivity index (χ1) is 4.63. The van der Waals surface area contributed by atoms with Gasteiger partial charge in [-0.25, -0.2) is 0 Å². The van der Waals surface area contributed by atoms with Crippen LogP contribution in [0.1, 0.15) is 0 Å². The summed E-state index contributed by atoms with van der Waals surface area (Å²) in [7, 11) is 0. The zero-order chi connectivity index (χ0) is 8.15. The van der Waals surface area contributed by atoms with Gasteiger partial charge in [0, 0.05) is 0 Å². The third-order valence-corrected chi connectivity index (χ3v) is 1.04. The van der Waals surface area contributed by atoms with E-state index in [1.807, 2.05) is 0 Å². The third-order valence-electron chi connectivity index (χ3n) is 1.04. The summed E-state index contributed by atoms with van der Waals surface area (Å²) in [5, 5.41) is 33.6. The Balaban J connectivity index is 0. The number of rotatable bonds is 4. The summed E-state index contributed by atoms with van der Waals surface area (Å²) in [6.07, 6.45) is -3.19. The van der Waals surface area contributed by atoms with Crippen molar-refractivity contribution < 1.29 is 30.7 Å². The molecule has 6 nitrogen and oxygen atoms in total. The van der Waals surface area contributed by atoms with E-state index in [0.29, 0.717) is 0 Å². The lowest BCUT2D eigenvalue weighted by molar-refractivity contribution is -0.137. The number of Topliss-reactive ketones (excluding diaryl/α,β-unsaturated/α-hetero) is 1. The second kappa shape index (κ2) is 6.20. The number of aliphatic hydroxyl groups is 4. The van der Waals surface area contributed by atoms with Gasteiger partial charge in [-0.05, 0) is 0 Å². The molecule has 11 heavy (non-hydrogen) atoms. The molecule has 6 heteroatoms. The first-order valence-electron chi connectivity index (χ1n) is 2.74. The molecule has 0 aromatic heterocycles.